The Labute approximate surface area is 327 Å². The van der Waals surface area contributed by atoms with E-state index in [1.165, 1.54) is 14.2 Å². The molecule has 0 spiro atoms. The van der Waals surface area contributed by atoms with Crippen molar-refractivity contribution in [2.24, 2.45) is 11.8 Å². The van der Waals surface area contributed by atoms with Gasteiger partial charge < -0.3 is 39.9 Å². The van der Waals surface area contributed by atoms with Gasteiger partial charge in [0.2, 0.25) is 11.8 Å². The SMILES string of the molecule is COC(=O)N[C@H](C(=O)N(C)[C@@H](C)c1ncc(-c2ccc(-c3ccc4cc(-c5cnc([C@H](C)N(C)C(=O)[C@@H](NC(=O)OC)C(C)C)[nH]5)ccc4c3)cc2)[nH]1)C(C)C. The standard InChI is InChI=1S/C42H52N8O6/c1-23(2)35(47-41(53)55-9)39(51)49(7)25(5)37-43-21-33(45-37)28-13-11-27(12-14-28)29-15-16-31-20-32(18-17-30(31)19-29)34-22-44-38(46-34)26(6)50(8)40(52)36(24(3)4)48-42(54)56-10/h11-26,35-36H,1-10H3,(H,43,45)(H,44,46)(H,47,53)(H,48,54)/t25-,26-,35-,36-/m0/s1. The number of imidazole rings is 2. The van der Waals surface area contributed by atoms with E-state index in [1.54, 1.807) is 36.3 Å². The lowest BCUT2D eigenvalue weighted by atomic mass is 9.98. The quantitative estimate of drug-likeness (QED) is 0.0984. The molecule has 0 saturated heterocycles. The molecule has 56 heavy (non-hydrogen) atoms. The van der Waals surface area contributed by atoms with E-state index in [2.05, 4.69) is 73.0 Å². The van der Waals surface area contributed by atoms with Crippen molar-refractivity contribution in [1.82, 2.24) is 40.4 Å². The summed E-state index contributed by atoms with van der Waals surface area (Å²) in [6.07, 6.45) is 2.22. The van der Waals surface area contributed by atoms with E-state index in [1.807, 2.05) is 59.7 Å². The third kappa shape index (κ3) is 9.02. The molecular formula is C42H52N8O6. The number of aromatic amines is 2. The van der Waals surface area contributed by atoms with Crippen molar-refractivity contribution in [3.8, 4) is 33.6 Å². The molecule has 4 amide bonds. The molecule has 0 aliphatic heterocycles. The van der Waals surface area contributed by atoms with Gasteiger partial charge in [0.05, 0.1) is 50.1 Å². The van der Waals surface area contributed by atoms with Crippen LogP contribution in [-0.2, 0) is 19.1 Å². The van der Waals surface area contributed by atoms with Crippen LogP contribution < -0.4 is 10.6 Å². The third-order valence-electron chi connectivity index (χ3n) is 10.3. The number of nitrogens with zero attached hydrogens (tertiary/aromatic N) is 4. The zero-order chi connectivity index (χ0) is 40.8. The summed E-state index contributed by atoms with van der Waals surface area (Å²) in [6, 6.07) is 18.6. The number of ether oxygens (including phenoxy) is 2. The zero-order valence-electron chi connectivity index (χ0n) is 33.6. The lowest BCUT2D eigenvalue weighted by molar-refractivity contribution is -0.135. The minimum atomic E-state index is -0.734. The van der Waals surface area contributed by atoms with Gasteiger partial charge in [0.15, 0.2) is 0 Å². The van der Waals surface area contributed by atoms with E-state index in [0.717, 1.165) is 44.4 Å². The summed E-state index contributed by atoms with van der Waals surface area (Å²) in [5, 5.41) is 7.42. The van der Waals surface area contributed by atoms with E-state index in [4.69, 9.17) is 9.47 Å². The van der Waals surface area contributed by atoms with E-state index in [-0.39, 0.29) is 35.7 Å². The number of alkyl carbamates (subject to hydrolysis) is 2. The van der Waals surface area contributed by atoms with Crippen LogP contribution in [0.4, 0.5) is 9.59 Å². The van der Waals surface area contributed by atoms with Crippen molar-refractivity contribution in [3.05, 3.63) is 84.7 Å². The van der Waals surface area contributed by atoms with E-state index in [0.29, 0.717) is 11.6 Å². The second kappa shape index (κ2) is 17.5. The molecule has 296 valence electrons. The predicted molar refractivity (Wildman–Crippen MR) is 215 cm³/mol. The minimum Gasteiger partial charge on any atom is -0.453 e. The lowest BCUT2D eigenvalue weighted by Gasteiger charge is -2.30. The van der Waals surface area contributed by atoms with Crippen molar-refractivity contribution in [1.29, 1.82) is 0 Å². The van der Waals surface area contributed by atoms with Crippen molar-refractivity contribution in [3.63, 3.8) is 0 Å². The molecule has 2 aromatic heterocycles. The number of amides is 4. The number of rotatable bonds is 13. The van der Waals surface area contributed by atoms with Gasteiger partial charge in [-0.05, 0) is 65.3 Å². The maximum absolute atomic E-state index is 13.3. The number of H-pyrrole nitrogens is 2. The van der Waals surface area contributed by atoms with Gasteiger partial charge >= 0.3 is 12.2 Å². The maximum Gasteiger partial charge on any atom is 0.407 e. The van der Waals surface area contributed by atoms with Crippen LogP contribution in [-0.4, -0.2) is 94.1 Å². The highest BCUT2D eigenvalue weighted by Gasteiger charge is 2.32. The number of benzene rings is 3. The number of methoxy groups -OCH3 is 2. The number of carbonyl (C=O) groups is 4. The van der Waals surface area contributed by atoms with Gasteiger partial charge in [-0.15, -0.1) is 0 Å². The van der Waals surface area contributed by atoms with Gasteiger partial charge in [-0.1, -0.05) is 76.2 Å². The van der Waals surface area contributed by atoms with E-state index in [9.17, 15) is 19.2 Å². The number of fused-ring (bicyclic) bond motifs is 1. The van der Waals surface area contributed by atoms with Crippen molar-refractivity contribution in [2.45, 2.75) is 65.7 Å². The Bertz CT molecular complexity index is 2170. The van der Waals surface area contributed by atoms with Gasteiger partial charge in [0.25, 0.3) is 0 Å². The molecule has 14 heteroatoms. The second-order valence-corrected chi connectivity index (χ2v) is 14.7. The molecule has 4 N–H and O–H groups in total. The highest BCUT2D eigenvalue weighted by Crippen LogP contribution is 2.31. The van der Waals surface area contributed by atoms with Crippen LogP contribution in [0.15, 0.2) is 73.1 Å². The molecule has 0 saturated carbocycles. The van der Waals surface area contributed by atoms with Crippen molar-refractivity contribution >= 4 is 34.8 Å². The Morgan fingerprint density at radius 2 is 0.946 bits per heavy atom. The van der Waals surface area contributed by atoms with E-state index < -0.39 is 24.3 Å². The molecule has 0 radical (unpaired) electrons. The highest BCUT2D eigenvalue weighted by molar-refractivity contribution is 5.91. The van der Waals surface area contributed by atoms with Gasteiger partial charge in [-0.3, -0.25) is 9.59 Å². The smallest absolute Gasteiger partial charge is 0.407 e. The largest absolute Gasteiger partial charge is 0.453 e. The molecule has 0 aliphatic rings. The number of carbonyl (C=O) groups excluding carboxylic acids is 4. The third-order valence-corrected chi connectivity index (χ3v) is 10.3. The van der Waals surface area contributed by atoms with Crippen LogP contribution in [0.3, 0.4) is 0 Å². The predicted octanol–water partition coefficient (Wildman–Crippen LogP) is 7.09. The van der Waals surface area contributed by atoms with Gasteiger partial charge in [-0.2, -0.15) is 0 Å². The molecule has 0 bridgehead atoms. The Morgan fingerprint density at radius 3 is 1.38 bits per heavy atom. The Kier molecular flexibility index (Phi) is 12.8. The van der Waals surface area contributed by atoms with Gasteiger partial charge in [0.1, 0.15) is 23.7 Å². The number of nitrogens with one attached hydrogen (secondary N) is 4. The van der Waals surface area contributed by atoms with Crippen LogP contribution in [0, 0.1) is 11.8 Å². The van der Waals surface area contributed by atoms with Crippen LogP contribution in [0.1, 0.15) is 65.3 Å². The normalized spacial score (nSPS) is 13.5. The molecule has 4 atom stereocenters. The van der Waals surface area contributed by atoms with Gasteiger partial charge in [0, 0.05) is 19.7 Å². The maximum atomic E-state index is 13.3. The first-order valence-electron chi connectivity index (χ1n) is 18.6. The Hall–Kier alpha value is -6.18. The molecule has 14 nitrogen and oxygen atoms in total. The highest BCUT2D eigenvalue weighted by atomic mass is 16.5. The summed E-state index contributed by atoms with van der Waals surface area (Å²) in [6.45, 7) is 11.2. The fourth-order valence-electron chi connectivity index (χ4n) is 6.41. The van der Waals surface area contributed by atoms with Crippen LogP contribution in [0.2, 0.25) is 0 Å². The molecule has 2 heterocycles. The molecule has 5 aromatic rings. The van der Waals surface area contributed by atoms with Crippen molar-refractivity contribution in [2.75, 3.05) is 28.3 Å². The first-order chi connectivity index (χ1) is 26.6. The minimum absolute atomic E-state index is 0.135. The van der Waals surface area contributed by atoms with Crippen molar-refractivity contribution < 1.29 is 28.7 Å². The molecule has 3 aromatic carbocycles. The van der Waals surface area contributed by atoms with Crippen LogP contribution in [0.5, 0.6) is 0 Å². The van der Waals surface area contributed by atoms with E-state index >= 15 is 0 Å². The van der Waals surface area contributed by atoms with Gasteiger partial charge in [-0.25, -0.2) is 19.6 Å². The second-order valence-electron chi connectivity index (χ2n) is 14.7. The van der Waals surface area contributed by atoms with Crippen LogP contribution >= 0.6 is 0 Å². The number of likely N-dealkylation sites (N-methyl/N-ethyl adjacent to an activating group) is 2. The summed E-state index contributed by atoms with van der Waals surface area (Å²) in [5.41, 5.74) is 5.69. The fourth-order valence-corrected chi connectivity index (χ4v) is 6.41. The summed E-state index contributed by atoms with van der Waals surface area (Å²) >= 11 is 0. The zero-order valence-corrected chi connectivity index (χ0v) is 33.6. The average molecular weight is 765 g/mol. The molecule has 5 rings (SSSR count). The Balaban J connectivity index is 1.26. The summed E-state index contributed by atoms with van der Waals surface area (Å²) in [7, 11) is 5.93. The fraction of sp³-hybridized carbons (Fsp3) is 0.381. The number of aromatic nitrogens is 4. The average Bonchev–Trinajstić information content (AvgIpc) is 3.91. The lowest BCUT2D eigenvalue weighted by Crippen LogP contribution is -2.50. The number of hydrogen-bond donors (Lipinski definition) is 4. The molecule has 0 aliphatic carbocycles. The number of hydrogen-bond acceptors (Lipinski definition) is 8. The summed E-state index contributed by atoms with van der Waals surface area (Å²) in [5.74, 6) is 0.510. The summed E-state index contributed by atoms with van der Waals surface area (Å²) < 4.78 is 9.42. The molecule has 0 fully saturated rings. The summed E-state index contributed by atoms with van der Waals surface area (Å²) in [4.78, 5) is 69.3. The molecular weight excluding hydrogens is 713 g/mol. The monoisotopic (exact) mass is 764 g/mol. The first kappa shape index (κ1) is 41.0. The first-order valence-corrected chi connectivity index (χ1v) is 18.6. The topological polar surface area (TPSA) is 175 Å². The Morgan fingerprint density at radius 1 is 0.571 bits per heavy atom. The molecule has 0 unspecified atom stereocenters. The van der Waals surface area contributed by atoms with Crippen LogP contribution in [0.25, 0.3) is 44.4 Å².